The number of rotatable bonds is 8. The molecule has 0 atom stereocenters. The highest BCUT2D eigenvalue weighted by Crippen LogP contribution is 2.26. The number of methoxy groups -OCH3 is 2. The lowest BCUT2D eigenvalue weighted by atomic mass is 10.1. The van der Waals surface area contributed by atoms with E-state index in [1.807, 2.05) is 55.5 Å². The monoisotopic (exact) mass is 461 g/mol. The van der Waals surface area contributed by atoms with Crippen LogP contribution in [0.15, 0.2) is 67.0 Å². The third-order valence-corrected chi connectivity index (χ3v) is 5.40. The molecule has 7 nitrogen and oxygen atoms in total. The minimum absolute atomic E-state index is 0.492. The molecule has 0 fully saturated rings. The molecule has 2 aromatic heterocycles. The van der Waals surface area contributed by atoms with Crippen LogP contribution in [-0.4, -0.2) is 34.2 Å². The van der Waals surface area contributed by atoms with Gasteiger partial charge < -0.3 is 14.4 Å². The second-order valence-electron chi connectivity index (χ2n) is 7.41. The molecule has 0 saturated heterocycles. The van der Waals surface area contributed by atoms with E-state index in [9.17, 15) is 0 Å². The average Bonchev–Trinajstić information content (AvgIpc) is 2.84. The maximum Gasteiger partial charge on any atom is 0.229 e. The van der Waals surface area contributed by atoms with Crippen molar-refractivity contribution in [2.75, 3.05) is 19.1 Å². The van der Waals surface area contributed by atoms with Crippen LogP contribution in [-0.2, 0) is 13.1 Å². The Kier molecular flexibility index (Phi) is 7.00. The highest BCUT2D eigenvalue weighted by molar-refractivity contribution is 6.33. The van der Waals surface area contributed by atoms with Crippen molar-refractivity contribution in [2.45, 2.75) is 20.0 Å². The summed E-state index contributed by atoms with van der Waals surface area (Å²) in [5.41, 5.74) is 2.92. The molecule has 4 aromatic rings. The van der Waals surface area contributed by atoms with Gasteiger partial charge in [-0.2, -0.15) is 9.97 Å². The van der Waals surface area contributed by atoms with Crippen LogP contribution in [0.5, 0.6) is 11.5 Å². The van der Waals surface area contributed by atoms with E-state index < -0.39 is 0 Å². The second kappa shape index (κ2) is 10.3. The lowest BCUT2D eigenvalue weighted by Gasteiger charge is -2.24. The smallest absolute Gasteiger partial charge is 0.229 e. The fraction of sp³-hybridized carbons (Fsp3) is 0.200. The Hall–Kier alpha value is -3.71. The molecule has 0 radical (unpaired) electrons. The first kappa shape index (κ1) is 22.5. The van der Waals surface area contributed by atoms with Crippen molar-refractivity contribution >= 4 is 17.5 Å². The largest absolute Gasteiger partial charge is 0.497 e. The summed E-state index contributed by atoms with van der Waals surface area (Å²) in [5, 5.41) is 0.492. The van der Waals surface area contributed by atoms with Gasteiger partial charge in [0.25, 0.3) is 0 Å². The van der Waals surface area contributed by atoms with Crippen molar-refractivity contribution in [3.8, 4) is 22.9 Å². The molecule has 2 heterocycles. The summed E-state index contributed by atoms with van der Waals surface area (Å²) in [5.74, 6) is 3.31. The first-order valence-corrected chi connectivity index (χ1v) is 10.8. The van der Waals surface area contributed by atoms with Gasteiger partial charge >= 0.3 is 0 Å². The van der Waals surface area contributed by atoms with Gasteiger partial charge in [-0.15, -0.1) is 0 Å². The van der Waals surface area contributed by atoms with E-state index in [1.165, 1.54) is 0 Å². The Bertz CT molecular complexity index is 1170. The molecule has 0 aliphatic rings. The quantitative estimate of drug-likeness (QED) is 0.360. The van der Waals surface area contributed by atoms with Gasteiger partial charge in [0.05, 0.1) is 19.2 Å². The van der Waals surface area contributed by atoms with E-state index >= 15 is 0 Å². The summed E-state index contributed by atoms with van der Waals surface area (Å²) in [4.78, 5) is 20.1. The van der Waals surface area contributed by atoms with Crippen molar-refractivity contribution in [3.05, 3.63) is 89.0 Å². The van der Waals surface area contributed by atoms with E-state index in [0.29, 0.717) is 41.3 Å². The third kappa shape index (κ3) is 5.56. The summed E-state index contributed by atoms with van der Waals surface area (Å²) >= 11 is 6.36. The van der Waals surface area contributed by atoms with Gasteiger partial charge in [0, 0.05) is 31.0 Å². The minimum Gasteiger partial charge on any atom is -0.497 e. The van der Waals surface area contributed by atoms with Gasteiger partial charge in [-0.25, -0.2) is 4.98 Å². The number of ether oxygens (including phenoxy) is 2. The molecule has 0 saturated carbocycles. The number of hydrogen-bond acceptors (Lipinski definition) is 7. The average molecular weight is 462 g/mol. The van der Waals surface area contributed by atoms with Gasteiger partial charge in [-0.05, 0) is 48.4 Å². The van der Waals surface area contributed by atoms with E-state index in [0.717, 1.165) is 22.6 Å². The number of halogens is 1. The first-order chi connectivity index (χ1) is 16.1. The molecule has 168 valence electrons. The number of benzene rings is 2. The van der Waals surface area contributed by atoms with Gasteiger partial charge in [0.15, 0.2) is 5.82 Å². The van der Waals surface area contributed by atoms with Crippen LogP contribution in [0.25, 0.3) is 11.4 Å². The van der Waals surface area contributed by atoms with Gasteiger partial charge in [0.1, 0.15) is 17.3 Å². The van der Waals surface area contributed by atoms with Crippen LogP contribution in [0.4, 0.5) is 5.95 Å². The normalized spacial score (nSPS) is 10.7. The molecule has 0 amide bonds. The Morgan fingerprint density at radius 2 is 1.36 bits per heavy atom. The Morgan fingerprint density at radius 3 is 1.88 bits per heavy atom. The first-order valence-electron chi connectivity index (χ1n) is 10.4. The molecular weight excluding hydrogens is 438 g/mol. The van der Waals surface area contributed by atoms with Crippen molar-refractivity contribution in [1.82, 2.24) is 19.9 Å². The second-order valence-corrected chi connectivity index (χ2v) is 7.82. The topological polar surface area (TPSA) is 73.3 Å². The van der Waals surface area contributed by atoms with Gasteiger partial charge in [-0.1, -0.05) is 35.9 Å². The summed E-state index contributed by atoms with van der Waals surface area (Å²) in [7, 11) is 3.31. The minimum atomic E-state index is 0.492. The number of nitrogens with zero attached hydrogens (tertiary/aromatic N) is 5. The molecule has 0 N–H and O–H groups in total. The number of pyridine rings is 1. The Balaban J connectivity index is 1.71. The number of aryl methyl sites for hydroxylation is 1. The fourth-order valence-corrected chi connectivity index (χ4v) is 3.59. The molecule has 8 heteroatoms. The highest BCUT2D eigenvalue weighted by atomic mass is 35.5. The molecule has 0 bridgehead atoms. The van der Waals surface area contributed by atoms with Crippen molar-refractivity contribution < 1.29 is 9.47 Å². The predicted octanol–water partition coefficient (Wildman–Crippen LogP) is 5.12. The van der Waals surface area contributed by atoms with E-state index in [4.69, 9.17) is 26.1 Å². The summed E-state index contributed by atoms with van der Waals surface area (Å²) in [6.45, 7) is 3.05. The van der Waals surface area contributed by atoms with E-state index in [-0.39, 0.29) is 0 Å². The number of aromatic nitrogens is 4. The molecule has 0 unspecified atom stereocenters. The molecule has 0 aliphatic carbocycles. The molecule has 0 spiro atoms. The zero-order chi connectivity index (χ0) is 23.2. The third-order valence-electron chi connectivity index (χ3n) is 5.10. The SMILES string of the molecule is COc1ccc(CN(Cc2ccc(OC)cc2)c2nc(C)nc(-c3ccncc3Cl)n2)cc1. The highest BCUT2D eigenvalue weighted by Gasteiger charge is 2.16. The predicted molar refractivity (Wildman–Crippen MR) is 129 cm³/mol. The van der Waals surface area contributed by atoms with Crippen LogP contribution in [0.2, 0.25) is 5.02 Å². The van der Waals surface area contributed by atoms with Gasteiger partial charge in [-0.3, -0.25) is 4.98 Å². The lowest BCUT2D eigenvalue weighted by Crippen LogP contribution is -2.25. The summed E-state index contributed by atoms with van der Waals surface area (Å²) < 4.78 is 10.6. The zero-order valence-corrected chi connectivity index (χ0v) is 19.5. The molecular formula is C25H24ClN5O2. The number of anilines is 1. The Morgan fingerprint density at radius 1 is 0.788 bits per heavy atom. The summed E-state index contributed by atoms with van der Waals surface area (Å²) in [6.07, 6.45) is 3.26. The van der Waals surface area contributed by atoms with Crippen molar-refractivity contribution in [1.29, 1.82) is 0 Å². The molecule has 0 aliphatic heterocycles. The summed E-state index contributed by atoms with van der Waals surface area (Å²) in [6, 6.07) is 17.7. The standard InChI is InChI=1S/C25H24ClN5O2/c1-17-28-24(22-12-13-27-14-23(22)26)30-25(29-17)31(15-18-4-8-20(32-2)9-5-18)16-19-6-10-21(33-3)11-7-19/h4-14H,15-16H2,1-3H3. The van der Waals surface area contributed by atoms with Crippen LogP contribution >= 0.6 is 11.6 Å². The van der Waals surface area contributed by atoms with E-state index in [2.05, 4.69) is 19.9 Å². The van der Waals surface area contributed by atoms with Crippen LogP contribution in [0.3, 0.4) is 0 Å². The van der Waals surface area contributed by atoms with Crippen LogP contribution in [0.1, 0.15) is 17.0 Å². The lowest BCUT2D eigenvalue weighted by molar-refractivity contribution is 0.414. The molecule has 4 rings (SSSR count). The Labute approximate surface area is 198 Å². The van der Waals surface area contributed by atoms with Crippen LogP contribution < -0.4 is 14.4 Å². The zero-order valence-electron chi connectivity index (χ0n) is 18.7. The maximum atomic E-state index is 6.36. The molecule has 2 aromatic carbocycles. The van der Waals surface area contributed by atoms with Gasteiger partial charge in [0.2, 0.25) is 5.95 Å². The van der Waals surface area contributed by atoms with Crippen molar-refractivity contribution in [3.63, 3.8) is 0 Å². The number of hydrogen-bond donors (Lipinski definition) is 0. The van der Waals surface area contributed by atoms with Crippen molar-refractivity contribution in [2.24, 2.45) is 0 Å². The fourth-order valence-electron chi connectivity index (χ4n) is 3.39. The van der Waals surface area contributed by atoms with E-state index in [1.54, 1.807) is 32.7 Å². The van der Waals surface area contributed by atoms with Crippen LogP contribution in [0, 0.1) is 6.92 Å². The maximum absolute atomic E-state index is 6.36. The molecule has 33 heavy (non-hydrogen) atoms.